The molecule has 0 spiro atoms. The first kappa shape index (κ1) is 80.2. The first-order valence-corrected chi connectivity index (χ1v) is 40.9. The first-order chi connectivity index (χ1) is 53.1. The molecule has 26 nitrogen and oxygen atoms in total. The number of amides is 6. The zero-order valence-corrected chi connectivity index (χ0v) is 65.3. The number of fused-ring (bicyclic) bond motifs is 6. The normalized spacial score (nSPS) is 26.5. The Morgan fingerprint density at radius 1 is 0.527 bits per heavy atom. The molecule has 4 aliphatic heterocycles. The molecule has 588 valence electrons. The minimum atomic E-state index is -1.21. The van der Waals surface area contributed by atoms with E-state index in [9.17, 15) is 43.2 Å². The van der Waals surface area contributed by atoms with Crippen molar-refractivity contribution >= 4 is 110 Å². The number of alkyl carbamates (subject to hydrolysis) is 2. The summed E-state index contributed by atoms with van der Waals surface area (Å²) in [5, 5.41) is 15.5. The molecule has 4 N–H and O–H groups in total. The Bertz CT molecular complexity index is 4320. The zero-order chi connectivity index (χ0) is 77.5. The number of carbonyl (C=O) groups is 9. The summed E-state index contributed by atoms with van der Waals surface area (Å²) in [4.78, 5) is 144. The Kier molecular flexibility index (Phi) is 26.8. The molecule has 4 aliphatic carbocycles. The van der Waals surface area contributed by atoms with Crippen molar-refractivity contribution < 1.29 is 76.3 Å². The summed E-state index contributed by atoms with van der Waals surface area (Å²) in [7, 11) is 0. The molecule has 2 saturated heterocycles. The van der Waals surface area contributed by atoms with Crippen LogP contribution in [0.15, 0.2) is 108 Å². The SMILES string of the molecule is CCOC(=O)[C@@]12C[C@H]1/C=C\CCCCC[C@H](NC(=O)OC(C)(C)C)C(=O)N1C[C@H](Oc3nc4ccccc4nc3-c3cccs3)C[C@H]1C(=O)N2.CCOC(=O)[C@@]12C[C@H]1/C=C\CCCCC[C@H](NC(=O)OC1CCCC1)C(=O)N1C[C@H](Oc3nc4ccccc4nc3-c3cccs3)C[C@H]1C(=O)N2.O=C(Cl)OC1CCCC1. The van der Waals surface area contributed by atoms with Crippen molar-refractivity contribution in [3.63, 3.8) is 0 Å². The molecule has 6 aromatic rings. The van der Waals surface area contributed by atoms with Crippen molar-refractivity contribution in [2.24, 2.45) is 11.8 Å². The van der Waals surface area contributed by atoms with Crippen molar-refractivity contribution in [1.82, 2.24) is 51.0 Å². The van der Waals surface area contributed by atoms with E-state index in [1.807, 2.05) is 102 Å². The number of carbonyl (C=O) groups excluding carboxylic acids is 9. The van der Waals surface area contributed by atoms with Crippen LogP contribution in [0.3, 0.4) is 0 Å². The third kappa shape index (κ3) is 20.3. The van der Waals surface area contributed by atoms with Gasteiger partial charge in [-0.3, -0.25) is 19.2 Å². The molecule has 10 atom stereocenters. The number of nitrogens with zero attached hydrogens (tertiary/aromatic N) is 6. The molecule has 8 heterocycles. The van der Waals surface area contributed by atoms with Gasteiger partial charge in [-0.25, -0.2) is 43.9 Å². The highest BCUT2D eigenvalue weighted by atomic mass is 35.5. The van der Waals surface area contributed by atoms with E-state index in [0.29, 0.717) is 78.2 Å². The lowest BCUT2D eigenvalue weighted by molar-refractivity contribution is -0.150. The molecule has 0 radical (unpaired) electrons. The fourth-order valence-electron chi connectivity index (χ4n) is 15.3. The number of allylic oxidation sites excluding steroid dienone is 2. The van der Waals surface area contributed by atoms with E-state index >= 15 is 0 Å². The molecular weight excluding hydrogens is 1470 g/mol. The van der Waals surface area contributed by atoms with E-state index in [2.05, 4.69) is 27.3 Å². The molecular formula is C81H99ClN10O16S2. The van der Waals surface area contributed by atoms with Crippen LogP contribution in [0.4, 0.5) is 14.4 Å². The summed E-state index contributed by atoms with van der Waals surface area (Å²) in [6.07, 6.45) is 21.6. The van der Waals surface area contributed by atoms with E-state index in [4.69, 9.17) is 64.7 Å². The quantitative estimate of drug-likeness (QED) is 0.0341. The number of aromatic nitrogens is 4. The Morgan fingerprint density at radius 2 is 0.936 bits per heavy atom. The molecule has 29 heteroatoms. The van der Waals surface area contributed by atoms with Crippen LogP contribution in [0.5, 0.6) is 11.8 Å². The second-order valence-corrected chi connectivity index (χ2v) is 32.4. The second kappa shape index (κ2) is 36.7. The van der Waals surface area contributed by atoms with Crippen LogP contribution < -0.4 is 30.7 Å². The average molecular weight is 1570 g/mol. The van der Waals surface area contributed by atoms with E-state index in [1.54, 1.807) is 34.6 Å². The highest BCUT2D eigenvalue weighted by Crippen LogP contribution is 2.48. The zero-order valence-electron chi connectivity index (χ0n) is 63.0. The van der Waals surface area contributed by atoms with Crippen molar-refractivity contribution in [2.45, 2.75) is 241 Å². The van der Waals surface area contributed by atoms with Crippen LogP contribution in [0.1, 0.15) is 176 Å². The number of halogens is 1. The fraction of sp³-hybridized carbons (Fsp3) is 0.543. The van der Waals surface area contributed by atoms with Crippen LogP contribution in [-0.2, 0) is 52.5 Å². The van der Waals surface area contributed by atoms with Crippen molar-refractivity contribution in [3.05, 3.63) is 108 Å². The van der Waals surface area contributed by atoms with Crippen molar-refractivity contribution in [2.75, 3.05) is 26.3 Å². The monoisotopic (exact) mass is 1570 g/mol. The van der Waals surface area contributed by atoms with Crippen molar-refractivity contribution in [3.8, 4) is 32.9 Å². The molecule has 6 amide bonds. The van der Waals surface area contributed by atoms with Crippen LogP contribution in [0.25, 0.3) is 43.2 Å². The molecule has 6 fully saturated rings. The first-order valence-electron chi connectivity index (χ1n) is 38.8. The van der Waals surface area contributed by atoms with Gasteiger partial charge in [0.1, 0.15) is 76.6 Å². The highest BCUT2D eigenvalue weighted by molar-refractivity contribution is 7.13. The van der Waals surface area contributed by atoms with Gasteiger partial charge in [0.25, 0.3) is 0 Å². The number of esters is 2. The smallest absolute Gasteiger partial charge is 0.408 e. The fourth-order valence-corrected chi connectivity index (χ4v) is 16.8. The third-order valence-corrected chi connectivity index (χ3v) is 22.9. The van der Waals surface area contributed by atoms with E-state index < -0.39 is 106 Å². The van der Waals surface area contributed by atoms with Gasteiger partial charge >= 0.3 is 29.6 Å². The summed E-state index contributed by atoms with van der Waals surface area (Å²) in [6, 6.07) is 19.0. The Morgan fingerprint density at radius 3 is 1.34 bits per heavy atom. The summed E-state index contributed by atoms with van der Waals surface area (Å²) in [5.41, 5.74) is 0.0449. The van der Waals surface area contributed by atoms with Gasteiger partial charge in [0.05, 0.1) is 58.1 Å². The van der Waals surface area contributed by atoms with E-state index in [-0.39, 0.29) is 63.2 Å². The van der Waals surface area contributed by atoms with Crippen molar-refractivity contribution in [1.29, 1.82) is 0 Å². The number of thiophene rings is 2. The summed E-state index contributed by atoms with van der Waals surface area (Å²) >= 11 is 8.01. The Balaban J connectivity index is 0.000000184. The maximum absolute atomic E-state index is 14.5. The summed E-state index contributed by atoms with van der Waals surface area (Å²) < 4.78 is 39.9. The molecule has 8 aliphatic rings. The lowest BCUT2D eigenvalue weighted by Crippen LogP contribution is -2.56. The Hall–Kier alpha value is -9.28. The number of hydrogen-bond acceptors (Lipinski definition) is 22. The van der Waals surface area contributed by atoms with E-state index in [0.717, 1.165) is 105 Å². The third-order valence-electron chi connectivity index (χ3n) is 21.0. The van der Waals surface area contributed by atoms with Crippen LogP contribution in [-0.4, -0.2) is 174 Å². The molecule has 0 unspecified atom stereocenters. The van der Waals surface area contributed by atoms with Gasteiger partial charge in [-0.15, -0.1) is 22.7 Å². The van der Waals surface area contributed by atoms with Gasteiger partial charge in [0, 0.05) is 36.3 Å². The van der Waals surface area contributed by atoms with Gasteiger partial charge in [-0.2, -0.15) is 0 Å². The van der Waals surface area contributed by atoms with Gasteiger partial charge in [0.2, 0.25) is 35.4 Å². The van der Waals surface area contributed by atoms with Gasteiger partial charge in [-0.05, 0) is 185 Å². The van der Waals surface area contributed by atoms with Crippen LogP contribution in [0.2, 0.25) is 0 Å². The number of hydrogen-bond donors (Lipinski definition) is 4. The second-order valence-electron chi connectivity index (χ2n) is 30.2. The largest absolute Gasteiger partial charge is 0.471 e. The standard InChI is InChI=1S/C38H45N5O7S.C37H45N5O7S.C6H9ClO2/c1-2-48-36(46)38-22-24(38)13-6-4-3-5-7-18-29(41-37(47)50-25-14-8-9-15-25)35(45)43-23-26(21-30(43)33(44)42-38)49-34-32(31-19-12-20-51-31)39-27-16-10-11-17-28(27)40-34;1-5-47-34(45)37-21-23(37)14-9-7-6-8-10-17-27(40-35(46)49-36(2,3)4)33(44)42-22-24(20-28(42)31(43)41-37)48-32-30(29-18-13-19-50-29)38-25-15-11-12-16-26(25)39-32;7-6(8)9-5-3-1-2-4-5/h6,10-13,16-17,19-20,24-26,29-30H,2-5,7-9,14-15,18,21-23H2,1H3,(H,41,47)(H,42,44);9,11-16,18-19,23-24,27-28H,5-8,10,17,20-22H2,1-4H3,(H,40,46)(H,41,43);5H,1-4H2/b13-6-;14-9-;/t24-,26-,29+,30+,38-;23-,24-,27+,28+,37-;/m11./s1. The van der Waals surface area contributed by atoms with Crippen LogP contribution in [0, 0.1) is 11.8 Å². The lowest BCUT2D eigenvalue weighted by Gasteiger charge is -2.30. The van der Waals surface area contributed by atoms with Gasteiger partial charge < -0.3 is 64.2 Å². The number of nitrogens with one attached hydrogen (secondary N) is 4. The highest BCUT2D eigenvalue weighted by Gasteiger charge is 2.64. The minimum absolute atomic E-state index is 0.0531. The topological polar surface area (TPSA) is 324 Å². The predicted octanol–water partition coefficient (Wildman–Crippen LogP) is 13.6. The lowest BCUT2D eigenvalue weighted by atomic mass is 10.0. The number of benzene rings is 2. The predicted molar refractivity (Wildman–Crippen MR) is 414 cm³/mol. The number of rotatable bonds is 14. The molecule has 4 aromatic heterocycles. The molecule has 110 heavy (non-hydrogen) atoms. The molecule has 2 aromatic carbocycles. The Labute approximate surface area is 653 Å². The number of para-hydroxylation sites is 4. The maximum Gasteiger partial charge on any atom is 0.408 e. The van der Waals surface area contributed by atoms with Gasteiger partial charge in [-0.1, -0.05) is 86.4 Å². The molecule has 0 bridgehead atoms. The average Bonchev–Trinajstić information content (AvgIpc) is 1.58. The number of ether oxygens (including phenoxy) is 7. The molecule has 4 saturated carbocycles. The van der Waals surface area contributed by atoms with E-state index in [1.165, 1.54) is 32.5 Å². The maximum atomic E-state index is 14.5. The molecule has 14 rings (SSSR count). The van der Waals surface area contributed by atoms with Gasteiger partial charge in [0.15, 0.2) is 0 Å². The summed E-state index contributed by atoms with van der Waals surface area (Å²) in [5.74, 6) is -2.55. The van der Waals surface area contributed by atoms with Crippen LogP contribution >= 0.6 is 34.3 Å². The minimum Gasteiger partial charge on any atom is -0.471 e. The summed E-state index contributed by atoms with van der Waals surface area (Å²) in [6.45, 7) is 9.21.